The van der Waals surface area contributed by atoms with E-state index in [9.17, 15) is 4.79 Å². The molecule has 3 nitrogen and oxygen atoms in total. The minimum atomic E-state index is 0.0904. The maximum absolute atomic E-state index is 12.2. The fraction of sp³-hybridized carbons (Fsp3) is 0.375. The highest BCUT2D eigenvalue weighted by Crippen LogP contribution is 2.41. The molecule has 1 atom stereocenters. The number of aromatic nitrogens is 1. The van der Waals surface area contributed by atoms with Gasteiger partial charge in [-0.25, -0.2) is 4.98 Å². The van der Waals surface area contributed by atoms with Gasteiger partial charge in [-0.15, -0.1) is 11.3 Å². The third-order valence-corrected chi connectivity index (χ3v) is 5.55. The normalized spacial score (nSPS) is 15.7. The Kier molecular flexibility index (Phi) is 4.60. The van der Waals surface area contributed by atoms with Gasteiger partial charge >= 0.3 is 0 Å². The van der Waals surface area contributed by atoms with Crippen molar-refractivity contribution >= 4 is 29.0 Å². The van der Waals surface area contributed by atoms with Crippen molar-refractivity contribution in [3.05, 3.63) is 47.0 Å². The molecule has 1 aliphatic rings. The van der Waals surface area contributed by atoms with E-state index in [0.717, 1.165) is 4.34 Å². The molecular formula is C16H18N2OS2. The number of carbonyl (C=O) groups is 1. The molecule has 1 amide bonds. The van der Waals surface area contributed by atoms with Gasteiger partial charge in [-0.3, -0.25) is 4.79 Å². The fourth-order valence-electron chi connectivity index (χ4n) is 2.30. The lowest BCUT2D eigenvalue weighted by atomic mass is 10.0. The Morgan fingerprint density at radius 1 is 1.43 bits per heavy atom. The molecule has 1 unspecified atom stereocenters. The summed E-state index contributed by atoms with van der Waals surface area (Å²) < 4.78 is 0.948. The van der Waals surface area contributed by atoms with Crippen LogP contribution in [0.25, 0.3) is 0 Å². The highest BCUT2D eigenvalue weighted by Gasteiger charge is 2.33. The number of amides is 1. The van der Waals surface area contributed by atoms with Crippen molar-refractivity contribution in [2.75, 3.05) is 5.75 Å². The van der Waals surface area contributed by atoms with Crippen LogP contribution in [0.15, 0.2) is 40.2 Å². The number of hydrogen-bond acceptors (Lipinski definition) is 4. The lowest BCUT2D eigenvalue weighted by molar-refractivity contribution is -0.119. The predicted octanol–water partition coefficient (Wildman–Crippen LogP) is 3.81. The van der Waals surface area contributed by atoms with Crippen LogP contribution in [-0.4, -0.2) is 16.6 Å². The fourth-order valence-corrected chi connectivity index (χ4v) is 3.75. The lowest BCUT2D eigenvalue weighted by Crippen LogP contribution is -2.31. The number of rotatable bonds is 6. The third kappa shape index (κ3) is 4.08. The standard InChI is InChI=1S/C16H18N2OS2/c1-11-2-4-12(5-3-11)15(13-6-7-13)18-14(19)10-21-16-17-8-9-20-16/h2-5,8-9,13,15H,6-7,10H2,1H3,(H,18,19). The van der Waals surface area contributed by atoms with Gasteiger partial charge in [0.2, 0.25) is 5.91 Å². The van der Waals surface area contributed by atoms with E-state index in [2.05, 4.69) is 41.5 Å². The van der Waals surface area contributed by atoms with E-state index < -0.39 is 0 Å². The highest BCUT2D eigenvalue weighted by molar-refractivity contribution is 8.01. The first kappa shape index (κ1) is 14.6. The molecule has 2 aromatic rings. The van der Waals surface area contributed by atoms with E-state index in [1.165, 1.54) is 35.7 Å². The van der Waals surface area contributed by atoms with E-state index in [-0.39, 0.29) is 11.9 Å². The first-order valence-electron chi connectivity index (χ1n) is 7.10. The largest absolute Gasteiger partial charge is 0.348 e. The van der Waals surface area contributed by atoms with Gasteiger partial charge in [0, 0.05) is 11.6 Å². The molecule has 1 fully saturated rings. The van der Waals surface area contributed by atoms with Crippen molar-refractivity contribution in [3.8, 4) is 0 Å². The SMILES string of the molecule is Cc1ccc(C(NC(=O)CSc2nccs2)C2CC2)cc1. The van der Waals surface area contributed by atoms with Gasteiger partial charge in [0.1, 0.15) is 4.34 Å². The lowest BCUT2D eigenvalue weighted by Gasteiger charge is -2.19. The first-order chi connectivity index (χ1) is 10.2. The molecule has 5 heteroatoms. The Morgan fingerprint density at radius 2 is 2.19 bits per heavy atom. The van der Waals surface area contributed by atoms with E-state index in [4.69, 9.17) is 0 Å². The maximum Gasteiger partial charge on any atom is 0.230 e. The molecule has 1 saturated carbocycles. The van der Waals surface area contributed by atoms with Crippen LogP contribution in [0.5, 0.6) is 0 Å². The van der Waals surface area contributed by atoms with Crippen molar-refractivity contribution < 1.29 is 4.79 Å². The summed E-state index contributed by atoms with van der Waals surface area (Å²) in [6.45, 7) is 2.08. The molecule has 21 heavy (non-hydrogen) atoms. The number of hydrogen-bond donors (Lipinski definition) is 1. The highest BCUT2D eigenvalue weighted by atomic mass is 32.2. The van der Waals surface area contributed by atoms with Crippen molar-refractivity contribution in [2.24, 2.45) is 5.92 Å². The summed E-state index contributed by atoms with van der Waals surface area (Å²) in [6.07, 6.45) is 4.18. The molecule has 1 aliphatic carbocycles. The zero-order valence-corrected chi connectivity index (χ0v) is 13.5. The molecule has 110 valence electrons. The molecule has 1 aromatic carbocycles. The quantitative estimate of drug-likeness (QED) is 0.824. The van der Waals surface area contributed by atoms with Crippen LogP contribution in [0.3, 0.4) is 0 Å². The van der Waals surface area contributed by atoms with Crippen LogP contribution in [0.4, 0.5) is 0 Å². The predicted molar refractivity (Wildman–Crippen MR) is 87.6 cm³/mol. The average Bonchev–Trinajstić information content (AvgIpc) is 3.19. The Hall–Kier alpha value is -1.33. The van der Waals surface area contributed by atoms with E-state index in [1.54, 1.807) is 17.5 Å². The van der Waals surface area contributed by atoms with Gasteiger partial charge in [0.15, 0.2) is 0 Å². The summed E-state index contributed by atoms with van der Waals surface area (Å²) >= 11 is 3.07. The molecular weight excluding hydrogens is 300 g/mol. The zero-order valence-electron chi connectivity index (χ0n) is 11.9. The van der Waals surface area contributed by atoms with Gasteiger partial charge in [-0.1, -0.05) is 41.6 Å². The first-order valence-corrected chi connectivity index (χ1v) is 8.97. The van der Waals surface area contributed by atoms with E-state index in [1.807, 2.05) is 5.38 Å². The summed E-state index contributed by atoms with van der Waals surface area (Å²) in [6, 6.07) is 8.65. The van der Waals surface area contributed by atoms with Gasteiger partial charge in [0.05, 0.1) is 11.8 Å². The Morgan fingerprint density at radius 3 is 2.81 bits per heavy atom. The van der Waals surface area contributed by atoms with Crippen LogP contribution in [0.2, 0.25) is 0 Å². The molecule has 1 heterocycles. The van der Waals surface area contributed by atoms with Crippen LogP contribution >= 0.6 is 23.1 Å². The topological polar surface area (TPSA) is 42.0 Å². The molecule has 0 spiro atoms. The smallest absolute Gasteiger partial charge is 0.230 e. The Labute approximate surface area is 133 Å². The number of thioether (sulfide) groups is 1. The van der Waals surface area contributed by atoms with Crippen LogP contribution in [-0.2, 0) is 4.79 Å². The van der Waals surface area contributed by atoms with Crippen LogP contribution < -0.4 is 5.32 Å². The van der Waals surface area contributed by atoms with Gasteiger partial charge in [0.25, 0.3) is 0 Å². The molecule has 0 radical (unpaired) electrons. The molecule has 0 saturated heterocycles. The van der Waals surface area contributed by atoms with Crippen LogP contribution in [0, 0.1) is 12.8 Å². The summed E-state index contributed by atoms with van der Waals surface area (Å²) in [4.78, 5) is 16.4. The number of nitrogens with one attached hydrogen (secondary N) is 1. The summed E-state index contributed by atoms with van der Waals surface area (Å²) in [5.41, 5.74) is 2.47. The second-order valence-electron chi connectivity index (χ2n) is 5.38. The molecule has 1 N–H and O–H groups in total. The summed E-state index contributed by atoms with van der Waals surface area (Å²) in [7, 11) is 0. The summed E-state index contributed by atoms with van der Waals surface area (Å²) in [5.74, 6) is 1.12. The van der Waals surface area contributed by atoms with Crippen molar-refractivity contribution in [2.45, 2.75) is 30.1 Å². The number of nitrogens with zero attached hydrogens (tertiary/aromatic N) is 1. The average molecular weight is 318 g/mol. The van der Waals surface area contributed by atoms with Crippen molar-refractivity contribution in [1.29, 1.82) is 0 Å². The monoisotopic (exact) mass is 318 g/mol. The number of aryl methyl sites for hydroxylation is 1. The number of benzene rings is 1. The molecule has 1 aromatic heterocycles. The van der Waals surface area contributed by atoms with Gasteiger partial charge < -0.3 is 5.32 Å². The minimum Gasteiger partial charge on any atom is -0.348 e. The molecule has 0 aliphatic heterocycles. The van der Waals surface area contributed by atoms with Crippen LogP contribution in [0.1, 0.15) is 30.0 Å². The number of carbonyl (C=O) groups excluding carboxylic acids is 1. The van der Waals surface area contributed by atoms with Crippen molar-refractivity contribution in [1.82, 2.24) is 10.3 Å². The Bertz CT molecular complexity index is 591. The van der Waals surface area contributed by atoms with E-state index >= 15 is 0 Å². The van der Waals surface area contributed by atoms with E-state index in [0.29, 0.717) is 11.7 Å². The van der Waals surface area contributed by atoms with Crippen molar-refractivity contribution in [3.63, 3.8) is 0 Å². The number of thiazole rings is 1. The minimum absolute atomic E-state index is 0.0904. The second-order valence-corrected chi connectivity index (χ2v) is 7.50. The molecule has 0 bridgehead atoms. The maximum atomic E-state index is 12.2. The second kappa shape index (κ2) is 6.62. The van der Waals surface area contributed by atoms with Gasteiger partial charge in [-0.05, 0) is 31.2 Å². The zero-order chi connectivity index (χ0) is 14.7. The molecule has 3 rings (SSSR count). The summed E-state index contributed by atoms with van der Waals surface area (Å²) in [5, 5.41) is 5.12. The third-order valence-electron chi connectivity index (χ3n) is 3.58. The Balaban J connectivity index is 1.59. The van der Waals surface area contributed by atoms with Gasteiger partial charge in [-0.2, -0.15) is 0 Å².